The number of amides is 2. The average molecular weight is 568 g/mol. The van der Waals surface area contributed by atoms with E-state index in [1.165, 1.54) is 17.0 Å². The molecule has 3 aromatic carbocycles. The molecule has 0 aromatic heterocycles. The number of sulfonamides is 1. The Morgan fingerprint density at radius 1 is 0.900 bits per heavy atom. The summed E-state index contributed by atoms with van der Waals surface area (Å²) in [5.74, 6) is -1.28. The van der Waals surface area contributed by atoms with Crippen molar-refractivity contribution in [1.29, 1.82) is 0 Å². The molecule has 0 aliphatic carbocycles. The van der Waals surface area contributed by atoms with E-state index in [1.54, 1.807) is 24.3 Å². The zero-order valence-corrected chi connectivity index (χ0v) is 24.2. The van der Waals surface area contributed by atoms with Gasteiger partial charge in [-0.3, -0.25) is 13.9 Å². The van der Waals surface area contributed by atoms with Crippen LogP contribution in [-0.4, -0.2) is 50.5 Å². The molecule has 0 aliphatic rings. The largest absolute Gasteiger partial charge is 0.354 e. The van der Waals surface area contributed by atoms with Gasteiger partial charge in [0.1, 0.15) is 18.4 Å². The minimum Gasteiger partial charge on any atom is -0.354 e. The predicted molar refractivity (Wildman–Crippen MR) is 157 cm³/mol. The van der Waals surface area contributed by atoms with Crippen LogP contribution in [0.5, 0.6) is 0 Å². The Morgan fingerprint density at radius 2 is 1.55 bits per heavy atom. The number of anilines is 1. The van der Waals surface area contributed by atoms with Crippen molar-refractivity contribution in [3.8, 4) is 0 Å². The van der Waals surface area contributed by atoms with Crippen LogP contribution in [0.25, 0.3) is 0 Å². The number of halogens is 1. The summed E-state index contributed by atoms with van der Waals surface area (Å²) < 4.78 is 40.7. The number of aryl methyl sites for hydroxylation is 1. The van der Waals surface area contributed by atoms with E-state index in [2.05, 4.69) is 5.32 Å². The molecule has 40 heavy (non-hydrogen) atoms. The molecule has 0 fully saturated rings. The van der Waals surface area contributed by atoms with Gasteiger partial charge in [0, 0.05) is 19.5 Å². The summed E-state index contributed by atoms with van der Waals surface area (Å²) in [4.78, 5) is 29.1. The average Bonchev–Trinajstić information content (AvgIpc) is 2.94. The lowest BCUT2D eigenvalue weighted by Gasteiger charge is -2.34. The van der Waals surface area contributed by atoms with Crippen molar-refractivity contribution < 1.29 is 22.4 Å². The number of para-hydroxylation sites is 1. The van der Waals surface area contributed by atoms with E-state index in [4.69, 9.17) is 0 Å². The molecular formula is C31H38FN3O4S. The summed E-state index contributed by atoms with van der Waals surface area (Å²) in [5, 5.41) is 2.94. The minimum atomic E-state index is -3.84. The van der Waals surface area contributed by atoms with Crippen molar-refractivity contribution in [3.63, 3.8) is 0 Å². The lowest BCUT2D eigenvalue weighted by atomic mass is 10.0. The molecule has 7 nitrogen and oxygen atoms in total. The smallest absolute Gasteiger partial charge is 0.244 e. The number of carbonyl (C=O) groups is 2. The van der Waals surface area contributed by atoms with Crippen LogP contribution < -0.4 is 9.62 Å². The molecule has 3 aromatic rings. The van der Waals surface area contributed by atoms with Crippen LogP contribution in [0.15, 0.2) is 78.9 Å². The maximum absolute atomic E-state index is 14.1. The topological polar surface area (TPSA) is 86.8 Å². The van der Waals surface area contributed by atoms with Crippen LogP contribution in [-0.2, 0) is 39.0 Å². The normalized spacial score (nSPS) is 12.0. The summed E-state index contributed by atoms with van der Waals surface area (Å²) >= 11 is 0. The zero-order chi connectivity index (χ0) is 29.1. The first-order valence-corrected chi connectivity index (χ1v) is 15.4. The molecule has 214 valence electrons. The van der Waals surface area contributed by atoms with E-state index < -0.39 is 34.3 Å². The SMILES string of the molecule is CCCCNC(=O)[C@H](Cc1ccccc1)N(Cc1ccc(F)cc1)C(=O)CN(c1ccccc1CC)S(C)(=O)=O. The Bertz CT molecular complexity index is 1360. The molecule has 3 rings (SSSR count). The quantitative estimate of drug-likeness (QED) is 0.286. The summed E-state index contributed by atoms with van der Waals surface area (Å²) in [6.45, 7) is 3.91. The molecule has 1 N–H and O–H groups in total. The number of hydrogen-bond acceptors (Lipinski definition) is 4. The van der Waals surface area contributed by atoms with Crippen LogP contribution in [0.4, 0.5) is 10.1 Å². The fourth-order valence-corrected chi connectivity index (χ4v) is 5.37. The highest BCUT2D eigenvalue weighted by molar-refractivity contribution is 7.92. The van der Waals surface area contributed by atoms with Gasteiger partial charge in [-0.15, -0.1) is 0 Å². The number of carbonyl (C=O) groups excluding carboxylic acids is 2. The second-order valence-electron chi connectivity index (χ2n) is 9.75. The molecular weight excluding hydrogens is 529 g/mol. The van der Waals surface area contributed by atoms with Gasteiger partial charge in [0.2, 0.25) is 21.8 Å². The first-order valence-electron chi connectivity index (χ1n) is 13.5. The second-order valence-corrected chi connectivity index (χ2v) is 11.7. The molecule has 0 saturated carbocycles. The van der Waals surface area contributed by atoms with Gasteiger partial charge in [0.25, 0.3) is 0 Å². The Balaban J connectivity index is 2.05. The summed E-state index contributed by atoms with van der Waals surface area (Å²) in [6.07, 6.45) is 3.55. The third kappa shape index (κ3) is 8.64. The number of unbranched alkanes of at least 4 members (excludes halogenated alkanes) is 1. The number of hydrogen-bond donors (Lipinski definition) is 1. The van der Waals surface area contributed by atoms with Crippen molar-refractivity contribution in [1.82, 2.24) is 10.2 Å². The van der Waals surface area contributed by atoms with E-state index in [9.17, 15) is 22.4 Å². The molecule has 9 heteroatoms. The van der Waals surface area contributed by atoms with Gasteiger partial charge >= 0.3 is 0 Å². The molecule has 0 unspecified atom stereocenters. The van der Waals surface area contributed by atoms with Crippen molar-refractivity contribution in [3.05, 3.63) is 101 Å². The van der Waals surface area contributed by atoms with Crippen molar-refractivity contribution in [2.45, 2.75) is 52.1 Å². The number of nitrogens with zero attached hydrogens (tertiary/aromatic N) is 2. The monoisotopic (exact) mass is 567 g/mol. The fraction of sp³-hybridized carbons (Fsp3) is 0.355. The van der Waals surface area contributed by atoms with Crippen LogP contribution in [0.2, 0.25) is 0 Å². The van der Waals surface area contributed by atoms with Crippen molar-refractivity contribution in [2.24, 2.45) is 0 Å². The van der Waals surface area contributed by atoms with E-state index in [-0.39, 0.29) is 18.9 Å². The zero-order valence-electron chi connectivity index (χ0n) is 23.3. The highest BCUT2D eigenvalue weighted by atomic mass is 32.2. The standard InChI is InChI=1S/C31H38FN3O4S/c1-4-6-20-33-31(37)29(21-24-12-8-7-9-13-24)34(22-25-16-18-27(32)19-17-25)30(36)23-35(40(3,38)39)28-15-11-10-14-26(28)5-2/h7-19,29H,4-6,20-23H2,1-3H3,(H,33,37)/t29-/m0/s1. The number of nitrogens with one attached hydrogen (secondary N) is 1. The Kier molecular flexibility index (Phi) is 11.3. The van der Waals surface area contributed by atoms with Gasteiger partial charge < -0.3 is 10.2 Å². The number of benzene rings is 3. The maximum Gasteiger partial charge on any atom is 0.244 e. The van der Waals surface area contributed by atoms with Crippen molar-refractivity contribution >= 4 is 27.5 Å². The van der Waals surface area contributed by atoms with Gasteiger partial charge in [-0.1, -0.05) is 80.9 Å². The Morgan fingerprint density at radius 3 is 2.17 bits per heavy atom. The fourth-order valence-electron chi connectivity index (χ4n) is 4.49. The lowest BCUT2D eigenvalue weighted by molar-refractivity contribution is -0.140. The molecule has 0 radical (unpaired) electrons. The molecule has 0 spiro atoms. The molecule has 1 atom stereocenters. The van der Waals surface area contributed by atoms with Gasteiger partial charge in [-0.05, 0) is 47.7 Å². The van der Waals surface area contributed by atoms with Gasteiger partial charge in [0.05, 0.1) is 11.9 Å². The Hall–Kier alpha value is -3.72. The first kappa shape index (κ1) is 30.8. The summed E-state index contributed by atoms with van der Waals surface area (Å²) in [6, 6.07) is 21.2. The molecule has 2 amide bonds. The van der Waals surface area contributed by atoms with Crippen LogP contribution in [0, 0.1) is 5.82 Å². The van der Waals surface area contributed by atoms with Gasteiger partial charge in [-0.25, -0.2) is 12.8 Å². The summed E-state index contributed by atoms with van der Waals surface area (Å²) in [7, 11) is -3.84. The number of rotatable bonds is 14. The first-order chi connectivity index (χ1) is 19.1. The third-order valence-electron chi connectivity index (χ3n) is 6.69. The lowest BCUT2D eigenvalue weighted by Crippen LogP contribution is -2.53. The van der Waals surface area contributed by atoms with E-state index in [0.717, 1.165) is 34.5 Å². The van der Waals surface area contributed by atoms with Crippen LogP contribution >= 0.6 is 0 Å². The summed E-state index contributed by atoms with van der Waals surface area (Å²) in [5.41, 5.74) is 2.68. The maximum atomic E-state index is 14.1. The minimum absolute atomic E-state index is 0.00480. The van der Waals surface area contributed by atoms with Gasteiger partial charge in [-0.2, -0.15) is 0 Å². The van der Waals surface area contributed by atoms with E-state index in [0.29, 0.717) is 24.2 Å². The van der Waals surface area contributed by atoms with E-state index in [1.807, 2.05) is 56.3 Å². The molecule has 0 heterocycles. The molecule has 0 bridgehead atoms. The third-order valence-corrected chi connectivity index (χ3v) is 7.81. The van der Waals surface area contributed by atoms with Crippen LogP contribution in [0.3, 0.4) is 0 Å². The molecule has 0 saturated heterocycles. The highest BCUT2D eigenvalue weighted by Crippen LogP contribution is 2.24. The second kappa shape index (κ2) is 14.6. The Labute approximate surface area is 237 Å². The highest BCUT2D eigenvalue weighted by Gasteiger charge is 2.33. The van der Waals surface area contributed by atoms with Crippen molar-refractivity contribution in [2.75, 3.05) is 23.7 Å². The van der Waals surface area contributed by atoms with Gasteiger partial charge in [0.15, 0.2) is 0 Å². The van der Waals surface area contributed by atoms with E-state index >= 15 is 0 Å². The van der Waals surface area contributed by atoms with Crippen LogP contribution in [0.1, 0.15) is 43.4 Å². The molecule has 0 aliphatic heterocycles. The predicted octanol–water partition coefficient (Wildman–Crippen LogP) is 4.71.